The molecule has 0 saturated heterocycles. The summed E-state index contributed by atoms with van der Waals surface area (Å²) in [5.41, 5.74) is 6.28. The van der Waals surface area contributed by atoms with Crippen molar-refractivity contribution >= 4 is 17.8 Å². The zero-order valence-corrected chi connectivity index (χ0v) is 24.3. The quantitative estimate of drug-likeness (QED) is 0.169. The second-order valence-electron chi connectivity index (χ2n) is 10.0. The van der Waals surface area contributed by atoms with Crippen molar-refractivity contribution in [3.05, 3.63) is 120 Å². The molecule has 4 N–H and O–H groups in total. The number of rotatable bonds is 8. The average molecular weight is 663 g/mol. The Morgan fingerprint density at radius 2 is 1.30 bits per heavy atom. The van der Waals surface area contributed by atoms with Gasteiger partial charge in [0, 0.05) is 48.6 Å². The highest BCUT2D eigenvalue weighted by molar-refractivity contribution is 5.94. The highest BCUT2D eigenvalue weighted by Crippen LogP contribution is 2.41. The largest absolute Gasteiger partial charge is 0.490 e. The van der Waals surface area contributed by atoms with Gasteiger partial charge in [0.15, 0.2) is 0 Å². The minimum atomic E-state index is -5.08. The number of alkyl halides is 6. The third-order valence-corrected chi connectivity index (χ3v) is 6.55. The maximum absolute atomic E-state index is 12.4. The second kappa shape index (κ2) is 16.3. The topological polar surface area (TPSA) is 142 Å². The third-order valence-electron chi connectivity index (χ3n) is 6.55. The van der Waals surface area contributed by atoms with E-state index in [4.69, 9.17) is 19.8 Å². The van der Waals surface area contributed by atoms with E-state index in [9.17, 15) is 31.1 Å². The average Bonchev–Trinajstić information content (AvgIpc) is 3.83. The van der Waals surface area contributed by atoms with E-state index < -0.39 is 24.3 Å². The summed E-state index contributed by atoms with van der Waals surface area (Å²) in [7, 11) is 0. The molecule has 1 heterocycles. The standard InChI is InChI=1S/C28H26N4O.2C2HF3O2/c33-28(32-18-20-4-2-1-3-5-20)24-12-10-22(11-13-24)25-16-26(25)31-17-21-6-8-23(9-7-21)27-19-29-14-15-30-27;2*3-2(4,5)1(6)7/h1-15,19,25-26,31H,16-18H2,(H,32,33);2*(H,6,7). The first kappa shape index (κ1) is 36.2. The van der Waals surface area contributed by atoms with E-state index in [1.54, 1.807) is 18.6 Å². The summed E-state index contributed by atoms with van der Waals surface area (Å²) < 4.78 is 63.5. The Bertz CT molecular complexity index is 1580. The Morgan fingerprint density at radius 3 is 1.81 bits per heavy atom. The lowest BCUT2D eigenvalue weighted by Crippen LogP contribution is -2.22. The Balaban J connectivity index is 0.000000360. The lowest BCUT2D eigenvalue weighted by Gasteiger charge is -2.08. The number of aliphatic carboxylic acids is 2. The number of carboxylic acids is 2. The van der Waals surface area contributed by atoms with Gasteiger partial charge in [-0.15, -0.1) is 0 Å². The maximum Gasteiger partial charge on any atom is 0.490 e. The number of halogens is 6. The third kappa shape index (κ3) is 12.2. The molecule has 1 fully saturated rings. The molecular weight excluding hydrogens is 634 g/mol. The van der Waals surface area contributed by atoms with Crippen LogP contribution in [0.4, 0.5) is 26.3 Å². The summed E-state index contributed by atoms with van der Waals surface area (Å²) >= 11 is 0. The van der Waals surface area contributed by atoms with Gasteiger partial charge < -0.3 is 20.8 Å². The van der Waals surface area contributed by atoms with Gasteiger partial charge in [-0.2, -0.15) is 26.3 Å². The van der Waals surface area contributed by atoms with E-state index >= 15 is 0 Å². The van der Waals surface area contributed by atoms with Crippen LogP contribution in [0.3, 0.4) is 0 Å². The lowest BCUT2D eigenvalue weighted by molar-refractivity contribution is -0.193. The Labute approximate surface area is 264 Å². The molecule has 2 unspecified atom stereocenters. The molecular formula is C32H28F6N4O5. The molecule has 1 amide bonds. The smallest absolute Gasteiger partial charge is 0.475 e. The van der Waals surface area contributed by atoms with E-state index in [0.29, 0.717) is 24.1 Å². The minimum Gasteiger partial charge on any atom is -0.475 e. The van der Waals surface area contributed by atoms with Crippen molar-refractivity contribution in [2.75, 3.05) is 0 Å². The first-order valence-corrected chi connectivity index (χ1v) is 13.8. The number of hydrogen-bond donors (Lipinski definition) is 4. The number of nitrogens with one attached hydrogen (secondary N) is 2. The van der Waals surface area contributed by atoms with Crippen LogP contribution in [0.5, 0.6) is 0 Å². The SMILES string of the molecule is O=C(NCc1ccccc1)c1ccc(C2CC2NCc2ccc(-c3cnccn3)cc2)cc1.O=C(O)C(F)(F)F.O=C(O)C(F)(F)F. The van der Waals surface area contributed by atoms with Gasteiger partial charge >= 0.3 is 24.3 Å². The Hall–Kier alpha value is -5.31. The molecule has 0 bridgehead atoms. The number of carbonyl (C=O) groups is 3. The van der Waals surface area contributed by atoms with Crippen molar-refractivity contribution in [3.63, 3.8) is 0 Å². The van der Waals surface area contributed by atoms with Crippen LogP contribution in [0.1, 0.15) is 39.4 Å². The fourth-order valence-electron chi connectivity index (χ4n) is 4.04. The molecule has 0 aliphatic heterocycles. The minimum absolute atomic E-state index is 0.0409. The summed E-state index contributed by atoms with van der Waals surface area (Å²) in [5.74, 6) is -5.05. The van der Waals surface area contributed by atoms with Gasteiger partial charge in [-0.05, 0) is 35.2 Å². The fraction of sp³-hybridized carbons (Fsp3) is 0.219. The van der Waals surface area contributed by atoms with Crippen LogP contribution < -0.4 is 10.6 Å². The predicted molar refractivity (Wildman–Crippen MR) is 157 cm³/mol. The number of carbonyl (C=O) groups excluding carboxylic acids is 1. The molecule has 9 nitrogen and oxygen atoms in total. The normalized spacial score (nSPS) is 15.2. The van der Waals surface area contributed by atoms with Crippen molar-refractivity contribution in [1.82, 2.24) is 20.6 Å². The van der Waals surface area contributed by atoms with E-state index in [-0.39, 0.29) is 5.91 Å². The summed E-state index contributed by atoms with van der Waals surface area (Å²) in [6.45, 7) is 1.37. The van der Waals surface area contributed by atoms with Gasteiger partial charge in [-0.25, -0.2) is 9.59 Å². The molecule has 1 aliphatic rings. The van der Waals surface area contributed by atoms with E-state index in [1.165, 1.54) is 11.1 Å². The Kier molecular flexibility index (Phi) is 12.5. The van der Waals surface area contributed by atoms with Crippen molar-refractivity contribution in [3.8, 4) is 11.3 Å². The van der Waals surface area contributed by atoms with Crippen molar-refractivity contribution in [2.45, 2.75) is 43.8 Å². The molecule has 248 valence electrons. The van der Waals surface area contributed by atoms with Gasteiger partial charge in [0.2, 0.25) is 0 Å². The molecule has 1 saturated carbocycles. The monoisotopic (exact) mass is 662 g/mol. The van der Waals surface area contributed by atoms with Crippen LogP contribution in [0, 0.1) is 0 Å². The second-order valence-corrected chi connectivity index (χ2v) is 10.0. The zero-order valence-electron chi connectivity index (χ0n) is 24.3. The van der Waals surface area contributed by atoms with Crippen LogP contribution >= 0.6 is 0 Å². The van der Waals surface area contributed by atoms with Crippen LogP contribution in [0.25, 0.3) is 11.3 Å². The van der Waals surface area contributed by atoms with Crippen molar-refractivity contribution in [2.24, 2.45) is 0 Å². The molecule has 0 spiro atoms. The van der Waals surface area contributed by atoms with Gasteiger partial charge in [-0.3, -0.25) is 14.8 Å². The summed E-state index contributed by atoms with van der Waals surface area (Å²) in [5, 5.41) is 20.9. The van der Waals surface area contributed by atoms with Crippen molar-refractivity contribution in [1.29, 1.82) is 0 Å². The fourth-order valence-corrected chi connectivity index (χ4v) is 4.04. The molecule has 47 heavy (non-hydrogen) atoms. The first-order chi connectivity index (χ1) is 22.1. The number of amides is 1. The zero-order chi connectivity index (χ0) is 34.6. The molecule has 0 radical (unpaired) electrons. The van der Waals surface area contributed by atoms with Crippen LogP contribution in [-0.4, -0.2) is 56.4 Å². The highest BCUT2D eigenvalue weighted by Gasteiger charge is 2.39. The molecule has 2 atom stereocenters. The predicted octanol–water partition coefficient (Wildman–Crippen LogP) is 5.99. The molecule has 5 rings (SSSR count). The highest BCUT2D eigenvalue weighted by atomic mass is 19.4. The summed E-state index contributed by atoms with van der Waals surface area (Å²) in [6.07, 6.45) is -3.87. The van der Waals surface area contributed by atoms with Gasteiger partial charge in [0.1, 0.15) is 0 Å². The number of benzene rings is 3. The van der Waals surface area contributed by atoms with Gasteiger partial charge in [0.05, 0.1) is 11.9 Å². The van der Waals surface area contributed by atoms with Crippen LogP contribution in [-0.2, 0) is 22.7 Å². The van der Waals surface area contributed by atoms with E-state index in [2.05, 4.69) is 57.0 Å². The van der Waals surface area contributed by atoms with Gasteiger partial charge in [0.25, 0.3) is 5.91 Å². The Morgan fingerprint density at radius 1 is 0.745 bits per heavy atom. The maximum atomic E-state index is 12.4. The summed E-state index contributed by atoms with van der Waals surface area (Å²) in [4.78, 5) is 38.7. The van der Waals surface area contributed by atoms with Crippen molar-refractivity contribution < 1.29 is 50.9 Å². The van der Waals surface area contributed by atoms with Gasteiger partial charge in [-0.1, -0.05) is 66.7 Å². The number of hydrogen-bond acceptors (Lipinski definition) is 6. The lowest BCUT2D eigenvalue weighted by atomic mass is 10.1. The molecule has 15 heteroatoms. The van der Waals surface area contributed by atoms with E-state index in [1.807, 2.05) is 42.5 Å². The van der Waals surface area contributed by atoms with E-state index in [0.717, 1.165) is 29.8 Å². The molecule has 4 aromatic rings. The molecule has 1 aromatic heterocycles. The molecule has 1 aliphatic carbocycles. The number of carboxylic acid groups (broad SMARTS) is 2. The van der Waals surface area contributed by atoms with Crippen LogP contribution in [0.15, 0.2) is 97.5 Å². The number of nitrogens with zero attached hydrogens (tertiary/aromatic N) is 2. The first-order valence-electron chi connectivity index (χ1n) is 13.8. The summed E-state index contributed by atoms with van der Waals surface area (Å²) in [6, 6.07) is 26.9. The molecule has 3 aromatic carbocycles. The number of aromatic nitrogens is 2. The van der Waals surface area contributed by atoms with Crippen LogP contribution in [0.2, 0.25) is 0 Å².